The van der Waals surface area contributed by atoms with Gasteiger partial charge in [0.05, 0.1) is 0 Å². The van der Waals surface area contributed by atoms with Crippen LogP contribution in [-0.2, 0) is 0 Å². The van der Waals surface area contributed by atoms with Gasteiger partial charge in [-0.1, -0.05) is 36.5 Å². The molecule has 0 aromatic carbocycles. The maximum atomic E-state index is 3.85. The van der Waals surface area contributed by atoms with E-state index in [2.05, 4.69) is 33.1 Å². The number of allylic oxidation sites excluding steroid dienone is 4. The van der Waals surface area contributed by atoms with Crippen molar-refractivity contribution in [1.82, 2.24) is 0 Å². The predicted octanol–water partition coefficient (Wildman–Crippen LogP) is 3.87. The molecule has 0 bridgehead atoms. The fraction of sp³-hybridized carbons (Fsp3) is 0.455. The normalized spacial score (nSPS) is 8.91. The zero-order chi connectivity index (χ0) is 8.69. The van der Waals surface area contributed by atoms with Crippen LogP contribution in [0.5, 0.6) is 0 Å². The molecular weight excluding hydrogens is 132 g/mol. The first-order chi connectivity index (χ1) is 5.16. The minimum absolute atomic E-state index is 1.08. The average Bonchev–Trinajstić information content (AvgIpc) is 1.97. The number of rotatable bonds is 5. The summed E-state index contributed by atoms with van der Waals surface area (Å²) in [5, 5.41) is 0. The van der Waals surface area contributed by atoms with Gasteiger partial charge in [-0.2, -0.15) is 0 Å². The molecule has 0 aliphatic rings. The summed E-state index contributed by atoms with van der Waals surface area (Å²) < 4.78 is 0. The van der Waals surface area contributed by atoms with Gasteiger partial charge in [0.2, 0.25) is 0 Å². The second kappa shape index (κ2) is 5.96. The summed E-state index contributed by atoms with van der Waals surface area (Å²) in [7, 11) is 0. The van der Waals surface area contributed by atoms with E-state index in [1.165, 1.54) is 12.0 Å². The fourth-order valence-electron chi connectivity index (χ4n) is 0.822. The summed E-state index contributed by atoms with van der Waals surface area (Å²) >= 11 is 0. The minimum Gasteiger partial charge on any atom is -0.0988 e. The molecule has 0 aliphatic carbocycles. The molecule has 0 heteroatoms. The number of hydrogen-bond acceptors (Lipinski definition) is 0. The van der Waals surface area contributed by atoms with Crippen LogP contribution in [0.25, 0.3) is 0 Å². The molecule has 0 atom stereocenters. The van der Waals surface area contributed by atoms with Crippen molar-refractivity contribution >= 4 is 0 Å². The van der Waals surface area contributed by atoms with Crippen LogP contribution in [0, 0.1) is 0 Å². The molecule has 0 aromatic heterocycles. The van der Waals surface area contributed by atoms with Crippen LogP contribution >= 0.6 is 0 Å². The van der Waals surface area contributed by atoms with Crippen molar-refractivity contribution in [2.45, 2.75) is 33.1 Å². The molecule has 0 amide bonds. The minimum atomic E-state index is 1.08. The van der Waals surface area contributed by atoms with Gasteiger partial charge < -0.3 is 0 Å². The molecule has 11 heavy (non-hydrogen) atoms. The fourth-order valence-corrected chi connectivity index (χ4v) is 0.822. The predicted molar refractivity (Wildman–Crippen MR) is 52.6 cm³/mol. The van der Waals surface area contributed by atoms with Crippen molar-refractivity contribution in [3.05, 3.63) is 36.5 Å². The van der Waals surface area contributed by atoms with Crippen LogP contribution in [0.3, 0.4) is 0 Å². The molecule has 0 saturated carbocycles. The Bertz CT molecular complexity index is 157. The van der Waals surface area contributed by atoms with Crippen LogP contribution < -0.4 is 0 Å². The van der Waals surface area contributed by atoms with Gasteiger partial charge in [-0.05, 0) is 33.1 Å². The standard InChI is InChI=1S/C11H18/c1-5-11(4)9-7-6-8-10(2)3/h5,8H,1,4,6-7,9H2,2-3H3. The second-order valence-electron chi connectivity index (χ2n) is 3.04. The van der Waals surface area contributed by atoms with Gasteiger partial charge in [0.1, 0.15) is 0 Å². The van der Waals surface area contributed by atoms with Gasteiger partial charge in [0, 0.05) is 0 Å². The highest BCUT2D eigenvalue weighted by molar-refractivity contribution is 5.10. The molecule has 62 valence electrons. The average molecular weight is 150 g/mol. The molecule has 0 unspecified atom stereocenters. The highest BCUT2D eigenvalue weighted by atomic mass is 13.9. The van der Waals surface area contributed by atoms with Crippen molar-refractivity contribution < 1.29 is 0 Å². The Kier molecular flexibility index (Phi) is 5.54. The van der Waals surface area contributed by atoms with Crippen LogP contribution in [-0.4, -0.2) is 0 Å². The maximum Gasteiger partial charge on any atom is -0.0282 e. The monoisotopic (exact) mass is 150 g/mol. The van der Waals surface area contributed by atoms with Gasteiger partial charge in [-0.15, -0.1) is 0 Å². The van der Waals surface area contributed by atoms with Crippen LogP contribution in [0.4, 0.5) is 0 Å². The summed E-state index contributed by atoms with van der Waals surface area (Å²) in [6.07, 6.45) is 7.53. The Morgan fingerprint density at radius 2 is 2.00 bits per heavy atom. The smallest absolute Gasteiger partial charge is 0.0282 e. The van der Waals surface area contributed by atoms with Crippen molar-refractivity contribution in [3.8, 4) is 0 Å². The zero-order valence-electron chi connectivity index (χ0n) is 7.69. The molecule has 0 radical (unpaired) electrons. The van der Waals surface area contributed by atoms with Crippen molar-refractivity contribution in [2.24, 2.45) is 0 Å². The van der Waals surface area contributed by atoms with Gasteiger partial charge in [-0.3, -0.25) is 0 Å². The molecule has 0 rings (SSSR count). The lowest BCUT2D eigenvalue weighted by atomic mass is 10.1. The Morgan fingerprint density at radius 3 is 2.45 bits per heavy atom. The van der Waals surface area contributed by atoms with E-state index in [-0.39, 0.29) is 0 Å². The lowest BCUT2D eigenvalue weighted by Crippen LogP contribution is -1.76. The largest absolute Gasteiger partial charge is 0.0988 e. The van der Waals surface area contributed by atoms with Gasteiger partial charge in [-0.25, -0.2) is 0 Å². The summed E-state index contributed by atoms with van der Waals surface area (Å²) in [5.74, 6) is 0. The molecule has 0 heterocycles. The summed E-state index contributed by atoms with van der Waals surface area (Å²) in [4.78, 5) is 0. The molecule has 0 fully saturated rings. The Morgan fingerprint density at radius 1 is 1.36 bits per heavy atom. The number of unbranched alkanes of at least 4 members (excludes halogenated alkanes) is 1. The Labute approximate surface area is 70.3 Å². The van der Waals surface area contributed by atoms with E-state index in [0.717, 1.165) is 18.4 Å². The van der Waals surface area contributed by atoms with Gasteiger partial charge in [0.15, 0.2) is 0 Å². The van der Waals surface area contributed by atoms with Crippen molar-refractivity contribution in [2.75, 3.05) is 0 Å². The van der Waals surface area contributed by atoms with E-state index in [9.17, 15) is 0 Å². The van der Waals surface area contributed by atoms with Crippen molar-refractivity contribution in [1.29, 1.82) is 0 Å². The molecule has 0 aromatic rings. The lowest BCUT2D eigenvalue weighted by Gasteiger charge is -1.96. The lowest BCUT2D eigenvalue weighted by molar-refractivity contribution is 0.844. The third-order valence-electron chi connectivity index (χ3n) is 1.54. The molecule has 0 aliphatic heterocycles. The van der Waals surface area contributed by atoms with E-state index in [0.29, 0.717) is 0 Å². The van der Waals surface area contributed by atoms with E-state index in [4.69, 9.17) is 0 Å². The first-order valence-corrected chi connectivity index (χ1v) is 4.10. The highest BCUT2D eigenvalue weighted by Gasteiger charge is 1.87. The first-order valence-electron chi connectivity index (χ1n) is 4.10. The topological polar surface area (TPSA) is 0 Å². The van der Waals surface area contributed by atoms with Crippen LogP contribution in [0.15, 0.2) is 36.5 Å². The van der Waals surface area contributed by atoms with Gasteiger partial charge >= 0.3 is 0 Å². The van der Waals surface area contributed by atoms with Crippen molar-refractivity contribution in [3.63, 3.8) is 0 Å². The summed E-state index contributed by atoms with van der Waals surface area (Å²) in [5.41, 5.74) is 2.54. The molecule has 0 saturated heterocycles. The maximum absolute atomic E-state index is 3.85. The Balaban J connectivity index is 3.35. The molecule has 0 N–H and O–H groups in total. The summed E-state index contributed by atoms with van der Waals surface area (Å²) in [6, 6.07) is 0. The molecule has 0 spiro atoms. The first kappa shape index (κ1) is 10.2. The van der Waals surface area contributed by atoms with E-state index >= 15 is 0 Å². The second-order valence-corrected chi connectivity index (χ2v) is 3.04. The molecule has 0 nitrogen and oxygen atoms in total. The van der Waals surface area contributed by atoms with Gasteiger partial charge in [0.25, 0.3) is 0 Å². The Hall–Kier alpha value is -0.780. The van der Waals surface area contributed by atoms with Crippen LogP contribution in [0.1, 0.15) is 33.1 Å². The number of hydrogen-bond donors (Lipinski definition) is 0. The van der Waals surface area contributed by atoms with E-state index < -0.39 is 0 Å². The third kappa shape index (κ3) is 7.11. The van der Waals surface area contributed by atoms with E-state index in [1.54, 1.807) is 0 Å². The molecular formula is C11H18. The third-order valence-corrected chi connectivity index (χ3v) is 1.54. The van der Waals surface area contributed by atoms with Crippen LogP contribution in [0.2, 0.25) is 0 Å². The van der Waals surface area contributed by atoms with E-state index in [1.807, 2.05) is 6.08 Å². The zero-order valence-corrected chi connectivity index (χ0v) is 7.69. The SMILES string of the molecule is C=CC(=C)CCCC=C(C)C. The highest BCUT2D eigenvalue weighted by Crippen LogP contribution is 2.07. The quantitative estimate of drug-likeness (QED) is 0.317. The summed E-state index contributed by atoms with van der Waals surface area (Å²) in [6.45, 7) is 11.8.